The van der Waals surface area contributed by atoms with E-state index in [-0.39, 0.29) is 17.9 Å². The molecule has 2 rings (SSSR count). The predicted molar refractivity (Wildman–Crippen MR) is 68.7 cm³/mol. The van der Waals surface area contributed by atoms with E-state index >= 15 is 0 Å². The summed E-state index contributed by atoms with van der Waals surface area (Å²) in [6.07, 6.45) is 0.951. The molecule has 2 N–H and O–H groups in total. The lowest BCUT2D eigenvalue weighted by molar-refractivity contribution is -0.125. The van der Waals surface area contributed by atoms with Crippen LogP contribution in [0.4, 0.5) is 0 Å². The molecule has 1 saturated heterocycles. The Morgan fingerprint density at radius 2 is 2.24 bits per heavy atom. The Bertz CT molecular complexity index is 397. The van der Waals surface area contributed by atoms with E-state index in [9.17, 15) is 4.79 Å². The number of nitrogens with one attached hydrogen (secondary N) is 2. The van der Waals surface area contributed by atoms with Crippen LogP contribution in [0.3, 0.4) is 0 Å². The second-order valence-electron chi connectivity index (χ2n) is 4.78. The Kier molecular flexibility index (Phi) is 3.79. The van der Waals surface area contributed by atoms with Crippen molar-refractivity contribution in [3.05, 3.63) is 35.4 Å². The number of carbonyl (C=O) groups is 1. The maximum absolute atomic E-state index is 12.0. The molecule has 3 nitrogen and oxygen atoms in total. The highest BCUT2D eigenvalue weighted by atomic mass is 16.2. The van der Waals surface area contributed by atoms with Crippen molar-refractivity contribution >= 4 is 5.91 Å². The number of aryl methyl sites for hydroxylation is 1. The van der Waals surface area contributed by atoms with Gasteiger partial charge in [0.15, 0.2) is 0 Å². The van der Waals surface area contributed by atoms with Crippen LogP contribution in [-0.4, -0.2) is 19.0 Å². The fourth-order valence-electron chi connectivity index (χ4n) is 2.36. The van der Waals surface area contributed by atoms with Crippen LogP contribution in [0.5, 0.6) is 0 Å². The highest BCUT2D eigenvalue weighted by Crippen LogP contribution is 2.18. The van der Waals surface area contributed by atoms with Gasteiger partial charge in [-0.3, -0.25) is 4.79 Å². The van der Waals surface area contributed by atoms with E-state index in [1.54, 1.807) is 0 Å². The van der Waals surface area contributed by atoms with Gasteiger partial charge >= 0.3 is 0 Å². The highest BCUT2D eigenvalue weighted by molar-refractivity contribution is 5.79. The van der Waals surface area contributed by atoms with E-state index in [0.717, 1.165) is 19.5 Å². The minimum absolute atomic E-state index is 0.0873. The van der Waals surface area contributed by atoms with Crippen molar-refractivity contribution in [3.8, 4) is 0 Å². The Morgan fingerprint density at radius 1 is 1.47 bits per heavy atom. The normalized spacial score (nSPS) is 21.2. The van der Waals surface area contributed by atoms with Gasteiger partial charge in [0.2, 0.25) is 5.91 Å². The molecule has 1 amide bonds. The fourth-order valence-corrected chi connectivity index (χ4v) is 2.36. The quantitative estimate of drug-likeness (QED) is 0.834. The zero-order valence-corrected chi connectivity index (χ0v) is 10.5. The van der Waals surface area contributed by atoms with E-state index in [0.29, 0.717) is 0 Å². The SMILES string of the molecule is Cc1ccccc1C(C)NC(=O)C1CCNC1. The van der Waals surface area contributed by atoms with Crippen molar-refractivity contribution in [1.29, 1.82) is 0 Å². The molecule has 0 radical (unpaired) electrons. The summed E-state index contributed by atoms with van der Waals surface area (Å²) in [4.78, 5) is 12.0. The Balaban J connectivity index is 1.99. The lowest BCUT2D eigenvalue weighted by Crippen LogP contribution is -2.34. The summed E-state index contributed by atoms with van der Waals surface area (Å²) in [5, 5.41) is 6.32. The molecule has 1 aliphatic heterocycles. The molecule has 1 fully saturated rings. The van der Waals surface area contributed by atoms with Gasteiger partial charge < -0.3 is 10.6 Å². The van der Waals surface area contributed by atoms with Crippen molar-refractivity contribution in [2.45, 2.75) is 26.3 Å². The van der Waals surface area contributed by atoms with Crippen molar-refractivity contribution in [1.82, 2.24) is 10.6 Å². The molecule has 0 saturated carbocycles. The minimum atomic E-state index is 0.0873. The average Bonchev–Trinajstić information content (AvgIpc) is 2.82. The van der Waals surface area contributed by atoms with Gasteiger partial charge in [-0.15, -0.1) is 0 Å². The Hall–Kier alpha value is -1.35. The summed E-state index contributed by atoms with van der Waals surface area (Å²) in [5.41, 5.74) is 2.43. The first kappa shape index (κ1) is 12.1. The molecule has 3 heteroatoms. The number of hydrogen-bond donors (Lipinski definition) is 2. The topological polar surface area (TPSA) is 41.1 Å². The lowest BCUT2D eigenvalue weighted by Gasteiger charge is -2.18. The van der Waals surface area contributed by atoms with Crippen LogP contribution in [0.25, 0.3) is 0 Å². The summed E-state index contributed by atoms with van der Waals surface area (Å²) < 4.78 is 0. The van der Waals surface area contributed by atoms with Crippen molar-refractivity contribution < 1.29 is 4.79 Å². The van der Waals surface area contributed by atoms with Crippen LogP contribution in [-0.2, 0) is 4.79 Å². The van der Waals surface area contributed by atoms with Gasteiger partial charge in [-0.1, -0.05) is 24.3 Å². The second kappa shape index (κ2) is 5.32. The van der Waals surface area contributed by atoms with Gasteiger partial charge in [0, 0.05) is 6.54 Å². The van der Waals surface area contributed by atoms with E-state index < -0.39 is 0 Å². The van der Waals surface area contributed by atoms with Gasteiger partial charge in [0.25, 0.3) is 0 Å². The van der Waals surface area contributed by atoms with E-state index in [1.807, 2.05) is 19.1 Å². The Labute approximate surface area is 103 Å². The maximum atomic E-state index is 12.0. The summed E-state index contributed by atoms with van der Waals surface area (Å²) in [6, 6.07) is 8.28. The molecule has 1 aromatic rings. The molecule has 2 atom stereocenters. The first-order valence-electron chi connectivity index (χ1n) is 6.25. The molecule has 0 aliphatic carbocycles. The molecule has 0 spiro atoms. The van der Waals surface area contributed by atoms with Gasteiger partial charge in [0.1, 0.15) is 0 Å². The van der Waals surface area contributed by atoms with Crippen LogP contribution in [0, 0.1) is 12.8 Å². The highest BCUT2D eigenvalue weighted by Gasteiger charge is 2.23. The van der Waals surface area contributed by atoms with Crippen LogP contribution in [0.15, 0.2) is 24.3 Å². The second-order valence-corrected chi connectivity index (χ2v) is 4.78. The van der Waals surface area contributed by atoms with Gasteiger partial charge in [-0.2, -0.15) is 0 Å². The number of benzene rings is 1. The molecule has 1 heterocycles. The number of hydrogen-bond acceptors (Lipinski definition) is 2. The molecule has 1 aliphatic rings. The van der Waals surface area contributed by atoms with E-state index in [4.69, 9.17) is 0 Å². The van der Waals surface area contributed by atoms with E-state index in [1.165, 1.54) is 11.1 Å². The smallest absolute Gasteiger partial charge is 0.224 e. The zero-order chi connectivity index (χ0) is 12.3. The minimum Gasteiger partial charge on any atom is -0.349 e. The first-order valence-corrected chi connectivity index (χ1v) is 6.25. The standard InChI is InChI=1S/C14H20N2O/c1-10-5-3-4-6-13(10)11(2)16-14(17)12-7-8-15-9-12/h3-6,11-12,15H,7-9H2,1-2H3,(H,16,17). The van der Waals surface area contributed by atoms with Gasteiger partial charge in [-0.05, 0) is 37.9 Å². The molecule has 17 heavy (non-hydrogen) atoms. The molecule has 2 unspecified atom stereocenters. The van der Waals surface area contributed by atoms with Crippen LogP contribution in [0.1, 0.15) is 30.5 Å². The summed E-state index contributed by atoms with van der Waals surface area (Å²) in [6.45, 7) is 5.89. The molecule has 0 bridgehead atoms. The van der Waals surface area contributed by atoms with Crippen LogP contribution >= 0.6 is 0 Å². The van der Waals surface area contributed by atoms with Gasteiger partial charge in [-0.25, -0.2) is 0 Å². The number of carbonyl (C=O) groups excluding carboxylic acids is 1. The van der Waals surface area contributed by atoms with Crippen molar-refractivity contribution in [3.63, 3.8) is 0 Å². The molecular weight excluding hydrogens is 212 g/mol. The van der Waals surface area contributed by atoms with Crippen molar-refractivity contribution in [2.24, 2.45) is 5.92 Å². The number of rotatable bonds is 3. The molecule has 92 valence electrons. The molecule has 0 aromatic heterocycles. The third-order valence-electron chi connectivity index (χ3n) is 3.44. The van der Waals surface area contributed by atoms with E-state index in [2.05, 4.69) is 29.7 Å². The average molecular weight is 232 g/mol. The maximum Gasteiger partial charge on any atom is 0.224 e. The summed E-state index contributed by atoms with van der Waals surface area (Å²) >= 11 is 0. The molecular formula is C14H20N2O. The van der Waals surface area contributed by atoms with Crippen LogP contribution < -0.4 is 10.6 Å². The Morgan fingerprint density at radius 3 is 2.88 bits per heavy atom. The monoisotopic (exact) mass is 232 g/mol. The zero-order valence-electron chi connectivity index (χ0n) is 10.5. The summed E-state index contributed by atoms with van der Waals surface area (Å²) in [5.74, 6) is 0.312. The first-order chi connectivity index (χ1) is 8.18. The molecule has 1 aromatic carbocycles. The van der Waals surface area contributed by atoms with Crippen LogP contribution in [0.2, 0.25) is 0 Å². The summed E-state index contributed by atoms with van der Waals surface area (Å²) in [7, 11) is 0. The number of amides is 1. The predicted octanol–water partition coefficient (Wildman–Crippen LogP) is 1.78. The van der Waals surface area contributed by atoms with Gasteiger partial charge in [0.05, 0.1) is 12.0 Å². The lowest BCUT2D eigenvalue weighted by atomic mass is 10.0. The largest absolute Gasteiger partial charge is 0.349 e. The third kappa shape index (κ3) is 2.86. The van der Waals surface area contributed by atoms with Crippen molar-refractivity contribution in [2.75, 3.05) is 13.1 Å². The fraction of sp³-hybridized carbons (Fsp3) is 0.500. The third-order valence-corrected chi connectivity index (χ3v) is 3.44.